The monoisotopic (exact) mass is 263 g/mol. The summed E-state index contributed by atoms with van der Waals surface area (Å²) in [6.07, 6.45) is -5.67. The van der Waals surface area contributed by atoms with Gasteiger partial charge in [0.15, 0.2) is 0 Å². The first kappa shape index (κ1) is 14.1. The van der Waals surface area contributed by atoms with Crippen molar-refractivity contribution in [2.45, 2.75) is 24.4 Å². The number of rotatable bonds is 4. The lowest BCUT2D eigenvalue weighted by molar-refractivity contribution is -0.143. The van der Waals surface area contributed by atoms with Gasteiger partial charge < -0.3 is 5.73 Å². The maximum atomic E-state index is 12.0. The Morgan fingerprint density at radius 2 is 1.88 bits per heavy atom. The molecule has 0 saturated heterocycles. The normalized spacial score (nSPS) is 13.4. The molecule has 94 valence electrons. The lowest BCUT2D eigenvalue weighted by Crippen LogP contribution is -2.33. The Bertz CT molecular complexity index is 367. The highest BCUT2D eigenvalue weighted by molar-refractivity contribution is 8.13. The highest BCUT2D eigenvalue weighted by Gasteiger charge is 2.33. The molecule has 1 atom stereocenters. The van der Waals surface area contributed by atoms with Crippen LogP contribution >= 0.6 is 11.8 Å². The number of carbonyl (C=O) groups is 1. The highest BCUT2D eigenvalue weighted by atomic mass is 32.2. The molecule has 0 fully saturated rings. The summed E-state index contributed by atoms with van der Waals surface area (Å²) in [6.45, 7) is 0. The van der Waals surface area contributed by atoms with E-state index in [1.54, 1.807) is 24.3 Å². The van der Waals surface area contributed by atoms with Gasteiger partial charge in [0, 0.05) is 5.75 Å². The minimum Gasteiger partial charge on any atom is -0.320 e. The Balaban J connectivity index is 2.40. The number of hydrogen-bond donors (Lipinski definition) is 1. The predicted molar refractivity (Wildman–Crippen MR) is 61.4 cm³/mol. The molecule has 1 rings (SSSR count). The van der Waals surface area contributed by atoms with Gasteiger partial charge in [-0.15, -0.1) is 0 Å². The van der Waals surface area contributed by atoms with Crippen LogP contribution in [0.1, 0.15) is 12.0 Å². The Kier molecular flexibility index (Phi) is 5.02. The van der Waals surface area contributed by atoms with E-state index in [1.165, 1.54) is 0 Å². The first-order valence-corrected chi connectivity index (χ1v) is 5.90. The van der Waals surface area contributed by atoms with E-state index in [4.69, 9.17) is 5.73 Å². The Hall–Kier alpha value is -1.01. The van der Waals surface area contributed by atoms with E-state index < -0.39 is 23.8 Å². The predicted octanol–water partition coefficient (Wildman–Crippen LogP) is 2.73. The molecule has 0 unspecified atom stereocenters. The summed E-state index contributed by atoms with van der Waals surface area (Å²) >= 11 is 0.814. The molecule has 0 saturated carbocycles. The van der Waals surface area contributed by atoms with Crippen LogP contribution < -0.4 is 5.73 Å². The molecule has 0 amide bonds. The fraction of sp³-hybridized carbons (Fsp3) is 0.364. The van der Waals surface area contributed by atoms with Crippen LogP contribution in [0.5, 0.6) is 0 Å². The third-order valence-electron chi connectivity index (χ3n) is 1.98. The molecular formula is C11H12F3NOS. The summed E-state index contributed by atoms with van der Waals surface area (Å²) in [5, 5.41) is -0.633. The van der Waals surface area contributed by atoms with Crippen LogP contribution in [-0.4, -0.2) is 17.3 Å². The van der Waals surface area contributed by atoms with E-state index in [-0.39, 0.29) is 0 Å². The van der Waals surface area contributed by atoms with Crippen LogP contribution in [-0.2, 0) is 10.5 Å². The van der Waals surface area contributed by atoms with Crippen LogP contribution in [0.4, 0.5) is 13.2 Å². The van der Waals surface area contributed by atoms with Crippen molar-refractivity contribution in [1.29, 1.82) is 0 Å². The Morgan fingerprint density at radius 1 is 1.29 bits per heavy atom. The molecule has 6 heteroatoms. The molecule has 0 spiro atoms. The van der Waals surface area contributed by atoms with E-state index in [0.29, 0.717) is 5.75 Å². The smallest absolute Gasteiger partial charge is 0.320 e. The largest absolute Gasteiger partial charge is 0.391 e. The number of carbonyl (C=O) groups excluding carboxylic acids is 1. The van der Waals surface area contributed by atoms with Gasteiger partial charge >= 0.3 is 6.18 Å². The van der Waals surface area contributed by atoms with Crippen molar-refractivity contribution in [3.63, 3.8) is 0 Å². The second-order valence-electron chi connectivity index (χ2n) is 3.52. The van der Waals surface area contributed by atoms with Crippen LogP contribution in [0.2, 0.25) is 0 Å². The van der Waals surface area contributed by atoms with Gasteiger partial charge in [0.25, 0.3) is 0 Å². The summed E-state index contributed by atoms with van der Waals surface area (Å²) < 4.78 is 36.0. The van der Waals surface area contributed by atoms with Crippen molar-refractivity contribution in [2.75, 3.05) is 0 Å². The topological polar surface area (TPSA) is 43.1 Å². The average Bonchev–Trinajstić information content (AvgIpc) is 2.25. The van der Waals surface area contributed by atoms with Gasteiger partial charge in [0.2, 0.25) is 5.12 Å². The zero-order valence-electron chi connectivity index (χ0n) is 8.91. The van der Waals surface area contributed by atoms with Crippen molar-refractivity contribution in [1.82, 2.24) is 0 Å². The maximum absolute atomic E-state index is 12.0. The number of halogens is 3. The van der Waals surface area contributed by atoms with E-state index in [9.17, 15) is 18.0 Å². The van der Waals surface area contributed by atoms with Crippen LogP contribution in [0.3, 0.4) is 0 Å². The molecule has 1 aromatic carbocycles. The molecule has 1 aromatic rings. The van der Waals surface area contributed by atoms with E-state index in [1.807, 2.05) is 6.07 Å². The fourth-order valence-corrected chi connectivity index (χ4v) is 1.97. The molecule has 0 heterocycles. The molecule has 0 aliphatic heterocycles. The highest BCUT2D eigenvalue weighted by Crippen LogP contribution is 2.23. The summed E-state index contributed by atoms with van der Waals surface area (Å²) in [7, 11) is 0. The molecular weight excluding hydrogens is 251 g/mol. The van der Waals surface area contributed by atoms with Gasteiger partial charge in [0.1, 0.15) is 0 Å². The molecule has 0 aliphatic rings. The summed E-state index contributed by atoms with van der Waals surface area (Å²) in [4.78, 5) is 11.3. The molecule has 0 aliphatic carbocycles. The van der Waals surface area contributed by atoms with Gasteiger partial charge in [-0.25, -0.2) is 0 Å². The first-order valence-electron chi connectivity index (χ1n) is 4.91. The van der Waals surface area contributed by atoms with Crippen molar-refractivity contribution >= 4 is 16.9 Å². The lowest BCUT2D eigenvalue weighted by atomic mass is 10.2. The quantitative estimate of drug-likeness (QED) is 0.908. The molecule has 0 bridgehead atoms. The minimum absolute atomic E-state index is 0.339. The summed E-state index contributed by atoms with van der Waals surface area (Å²) in [5.74, 6) is 0.339. The average molecular weight is 263 g/mol. The third-order valence-corrected chi connectivity index (χ3v) is 3.04. The van der Waals surface area contributed by atoms with Gasteiger partial charge in [-0.05, 0) is 5.56 Å². The minimum atomic E-state index is -4.40. The van der Waals surface area contributed by atoms with Crippen molar-refractivity contribution in [3.8, 4) is 0 Å². The van der Waals surface area contributed by atoms with E-state index in [2.05, 4.69) is 0 Å². The van der Waals surface area contributed by atoms with Gasteiger partial charge in [-0.1, -0.05) is 42.1 Å². The van der Waals surface area contributed by atoms with Crippen molar-refractivity contribution in [2.24, 2.45) is 5.73 Å². The van der Waals surface area contributed by atoms with Crippen LogP contribution in [0.25, 0.3) is 0 Å². The second-order valence-corrected chi connectivity index (χ2v) is 4.50. The Labute approximate surface area is 101 Å². The molecule has 0 aromatic heterocycles. The van der Waals surface area contributed by atoms with Crippen molar-refractivity contribution < 1.29 is 18.0 Å². The lowest BCUT2D eigenvalue weighted by Gasteiger charge is -2.12. The second kappa shape index (κ2) is 6.07. The maximum Gasteiger partial charge on any atom is 0.391 e. The molecule has 0 radical (unpaired) electrons. The van der Waals surface area contributed by atoms with Gasteiger partial charge in [-0.2, -0.15) is 13.2 Å². The zero-order valence-corrected chi connectivity index (χ0v) is 9.72. The standard InChI is InChI=1S/C11H12F3NOS/c12-11(13,14)6-9(15)10(16)17-7-8-4-2-1-3-5-8/h1-5,9H,6-7,15H2/t9-/m0/s1. The van der Waals surface area contributed by atoms with Crippen LogP contribution in [0, 0.1) is 0 Å². The van der Waals surface area contributed by atoms with Crippen molar-refractivity contribution in [3.05, 3.63) is 35.9 Å². The van der Waals surface area contributed by atoms with E-state index >= 15 is 0 Å². The number of benzene rings is 1. The SMILES string of the molecule is N[C@@H](CC(F)(F)F)C(=O)SCc1ccccc1. The Morgan fingerprint density at radius 3 is 2.41 bits per heavy atom. The summed E-state index contributed by atoms with van der Waals surface area (Å²) in [5.41, 5.74) is 6.06. The number of alkyl halides is 3. The molecule has 2 nitrogen and oxygen atoms in total. The number of thioether (sulfide) groups is 1. The first-order chi connectivity index (χ1) is 7.88. The molecule has 17 heavy (non-hydrogen) atoms. The van der Waals surface area contributed by atoms with Gasteiger partial charge in [-0.3, -0.25) is 4.79 Å². The third kappa shape index (κ3) is 5.74. The van der Waals surface area contributed by atoms with Crippen LogP contribution in [0.15, 0.2) is 30.3 Å². The molecule has 2 N–H and O–H groups in total. The van der Waals surface area contributed by atoms with E-state index in [0.717, 1.165) is 17.3 Å². The number of hydrogen-bond acceptors (Lipinski definition) is 3. The fourth-order valence-electron chi connectivity index (χ4n) is 1.17. The zero-order chi connectivity index (χ0) is 12.9. The number of nitrogens with two attached hydrogens (primary N) is 1. The summed E-state index contributed by atoms with van der Waals surface area (Å²) in [6, 6.07) is 7.55. The van der Waals surface area contributed by atoms with Gasteiger partial charge in [0.05, 0.1) is 12.5 Å².